The number of ether oxygens (including phenoxy) is 1. The summed E-state index contributed by atoms with van der Waals surface area (Å²) in [5, 5.41) is 0. The summed E-state index contributed by atoms with van der Waals surface area (Å²) >= 11 is 0. The molecule has 0 N–H and O–H groups in total. The van der Waals surface area contributed by atoms with Gasteiger partial charge in [0.25, 0.3) is 0 Å². The molecular weight excluding hydrogens is 370 g/mol. The predicted molar refractivity (Wildman–Crippen MR) is 123 cm³/mol. The largest absolute Gasteiger partial charge is 0.497 e. The Labute approximate surface area is 181 Å². The molecule has 3 aliphatic rings. The van der Waals surface area contributed by atoms with Crippen molar-refractivity contribution < 1.29 is 4.74 Å². The summed E-state index contributed by atoms with van der Waals surface area (Å²) in [5.74, 6) is 2.54. The molecule has 5 rings (SSSR count). The number of likely N-dealkylation sites (tertiary alicyclic amines) is 2. The number of rotatable bonds is 4. The van der Waals surface area contributed by atoms with Crippen molar-refractivity contribution in [3.63, 3.8) is 0 Å². The van der Waals surface area contributed by atoms with Crippen LogP contribution in [0.4, 0.5) is 5.69 Å². The smallest absolute Gasteiger partial charge is 0.120 e. The Balaban J connectivity index is 1.23. The second-order valence-corrected chi connectivity index (χ2v) is 9.54. The van der Waals surface area contributed by atoms with Gasteiger partial charge in [-0.3, -0.25) is 9.80 Å². The number of nitrogens with zero attached hydrogens (tertiary/aromatic N) is 3. The van der Waals surface area contributed by atoms with Crippen LogP contribution in [0.3, 0.4) is 0 Å². The molecule has 0 unspecified atom stereocenters. The molecule has 0 aromatic heterocycles. The number of piperidine rings is 1. The molecule has 4 nitrogen and oxygen atoms in total. The first-order chi connectivity index (χ1) is 14.6. The molecule has 3 atom stereocenters. The van der Waals surface area contributed by atoms with Crippen molar-refractivity contribution in [3.05, 3.63) is 59.7 Å². The minimum absolute atomic E-state index is 0.582. The highest BCUT2D eigenvalue weighted by atomic mass is 16.5. The average Bonchev–Trinajstić information content (AvgIpc) is 3.31. The number of hydrogen-bond acceptors (Lipinski definition) is 4. The van der Waals surface area contributed by atoms with Gasteiger partial charge < -0.3 is 9.64 Å². The molecule has 30 heavy (non-hydrogen) atoms. The van der Waals surface area contributed by atoms with E-state index < -0.39 is 0 Å². The third-order valence-corrected chi connectivity index (χ3v) is 7.83. The van der Waals surface area contributed by atoms with Gasteiger partial charge in [0.05, 0.1) is 7.11 Å². The third-order valence-electron chi connectivity index (χ3n) is 7.83. The molecule has 3 fully saturated rings. The Morgan fingerprint density at radius 2 is 1.73 bits per heavy atom. The van der Waals surface area contributed by atoms with Gasteiger partial charge in [0.1, 0.15) is 5.75 Å². The number of benzene rings is 2. The predicted octanol–water partition coefficient (Wildman–Crippen LogP) is 4.21. The van der Waals surface area contributed by atoms with Crippen LogP contribution in [0.25, 0.3) is 0 Å². The monoisotopic (exact) mass is 405 g/mol. The van der Waals surface area contributed by atoms with E-state index in [0.29, 0.717) is 6.04 Å². The molecule has 2 aromatic carbocycles. The van der Waals surface area contributed by atoms with E-state index in [2.05, 4.69) is 71.1 Å². The summed E-state index contributed by atoms with van der Waals surface area (Å²) in [6, 6.07) is 18.8. The average molecular weight is 406 g/mol. The van der Waals surface area contributed by atoms with E-state index in [4.69, 9.17) is 4.74 Å². The molecule has 0 amide bonds. The molecule has 0 bridgehead atoms. The molecule has 0 radical (unpaired) electrons. The molecule has 2 aromatic rings. The zero-order chi connectivity index (χ0) is 20.7. The number of aryl methyl sites for hydroxylation is 1. The van der Waals surface area contributed by atoms with E-state index in [-0.39, 0.29) is 0 Å². The van der Waals surface area contributed by atoms with Crippen LogP contribution < -0.4 is 9.64 Å². The summed E-state index contributed by atoms with van der Waals surface area (Å²) in [5.41, 5.74) is 4.29. The van der Waals surface area contributed by atoms with Crippen molar-refractivity contribution >= 4 is 5.69 Å². The van der Waals surface area contributed by atoms with E-state index in [9.17, 15) is 0 Å². The topological polar surface area (TPSA) is 19.0 Å². The molecule has 0 saturated carbocycles. The highest BCUT2D eigenvalue weighted by Crippen LogP contribution is 2.45. The first-order valence-corrected chi connectivity index (χ1v) is 11.5. The van der Waals surface area contributed by atoms with Crippen molar-refractivity contribution in [1.82, 2.24) is 9.80 Å². The first kappa shape index (κ1) is 19.9. The fourth-order valence-corrected chi connectivity index (χ4v) is 6.27. The zero-order valence-electron chi connectivity index (χ0n) is 18.6. The quantitative estimate of drug-likeness (QED) is 0.759. The Kier molecular flexibility index (Phi) is 5.46. The fourth-order valence-electron chi connectivity index (χ4n) is 6.27. The maximum atomic E-state index is 5.42. The second kappa shape index (κ2) is 8.24. The van der Waals surface area contributed by atoms with Gasteiger partial charge in [-0.05, 0) is 61.9 Å². The van der Waals surface area contributed by atoms with Gasteiger partial charge in [-0.2, -0.15) is 0 Å². The van der Waals surface area contributed by atoms with Gasteiger partial charge in [-0.15, -0.1) is 0 Å². The van der Waals surface area contributed by atoms with E-state index in [1.165, 1.54) is 43.7 Å². The third kappa shape index (κ3) is 3.61. The SMILES string of the molecule is COc1cccc(N2CCC(N3C[C@@H]4CN(C)[C@@H](c5ccccc5C)[C@@H]4C3)CC2)c1. The first-order valence-electron chi connectivity index (χ1n) is 11.5. The summed E-state index contributed by atoms with van der Waals surface area (Å²) in [4.78, 5) is 7.97. The fraction of sp³-hybridized carbons (Fsp3) is 0.538. The molecule has 0 spiro atoms. The number of hydrogen-bond donors (Lipinski definition) is 0. The summed E-state index contributed by atoms with van der Waals surface area (Å²) in [7, 11) is 4.07. The van der Waals surface area contributed by atoms with E-state index in [1.807, 2.05) is 6.07 Å². The lowest BCUT2D eigenvalue weighted by Crippen LogP contribution is -2.45. The van der Waals surface area contributed by atoms with Gasteiger partial charge in [0, 0.05) is 56.6 Å². The van der Waals surface area contributed by atoms with Crippen molar-refractivity contribution in [3.8, 4) is 5.75 Å². The maximum Gasteiger partial charge on any atom is 0.120 e. The van der Waals surface area contributed by atoms with Crippen molar-refractivity contribution in [2.45, 2.75) is 31.8 Å². The Bertz CT molecular complexity index is 876. The highest BCUT2D eigenvalue weighted by Gasteiger charge is 2.47. The van der Waals surface area contributed by atoms with Crippen molar-refractivity contribution in [1.29, 1.82) is 0 Å². The van der Waals surface area contributed by atoms with E-state index >= 15 is 0 Å². The van der Waals surface area contributed by atoms with Crippen LogP contribution in [-0.4, -0.2) is 62.7 Å². The summed E-state index contributed by atoms with van der Waals surface area (Å²) in [6.45, 7) is 8.34. The molecule has 3 aliphatic heterocycles. The standard InChI is InChI=1S/C26H35N3O/c1-19-7-4-5-10-24(19)26-25-18-29(17-20(25)16-27(26)2)21-11-13-28(14-12-21)22-8-6-9-23(15-22)30-3/h4-10,15,20-21,25-26H,11-14,16-18H2,1-3H3/t20-,25+,26-/m0/s1. The number of anilines is 1. The van der Waals surface area contributed by atoms with Crippen LogP contribution in [0, 0.1) is 18.8 Å². The Morgan fingerprint density at radius 3 is 2.50 bits per heavy atom. The molecule has 3 saturated heterocycles. The summed E-state index contributed by atoms with van der Waals surface area (Å²) < 4.78 is 5.42. The Hall–Kier alpha value is -2.04. The lowest BCUT2D eigenvalue weighted by molar-refractivity contribution is 0.167. The van der Waals surface area contributed by atoms with E-state index in [1.54, 1.807) is 12.7 Å². The highest BCUT2D eigenvalue weighted by molar-refractivity contribution is 5.51. The van der Waals surface area contributed by atoms with Crippen LogP contribution in [0.2, 0.25) is 0 Å². The van der Waals surface area contributed by atoms with Crippen molar-refractivity contribution in [2.24, 2.45) is 11.8 Å². The minimum atomic E-state index is 0.582. The van der Waals surface area contributed by atoms with Crippen LogP contribution in [0.1, 0.15) is 30.0 Å². The van der Waals surface area contributed by atoms with Gasteiger partial charge in [0.15, 0.2) is 0 Å². The van der Waals surface area contributed by atoms with Crippen LogP contribution in [0.5, 0.6) is 5.75 Å². The van der Waals surface area contributed by atoms with Crippen molar-refractivity contribution in [2.75, 3.05) is 51.8 Å². The van der Waals surface area contributed by atoms with Crippen LogP contribution in [0.15, 0.2) is 48.5 Å². The normalized spacial score (nSPS) is 28.1. The minimum Gasteiger partial charge on any atom is -0.497 e. The molecular formula is C26H35N3O. The maximum absolute atomic E-state index is 5.42. The van der Waals surface area contributed by atoms with Crippen LogP contribution in [-0.2, 0) is 0 Å². The lowest BCUT2D eigenvalue weighted by atomic mass is 9.88. The lowest BCUT2D eigenvalue weighted by Gasteiger charge is -2.39. The van der Waals surface area contributed by atoms with E-state index in [0.717, 1.165) is 36.7 Å². The van der Waals surface area contributed by atoms with Gasteiger partial charge in [-0.25, -0.2) is 0 Å². The number of methoxy groups -OCH3 is 1. The van der Waals surface area contributed by atoms with Crippen LogP contribution >= 0.6 is 0 Å². The zero-order valence-corrected chi connectivity index (χ0v) is 18.6. The molecule has 160 valence electrons. The van der Waals surface area contributed by atoms with Gasteiger partial charge in [0.2, 0.25) is 0 Å². The Morgan fingerprint density at radius 1 is 0.933 bits per heavy atom. The molecule has 3 heterocycles. The number of fused-ring (bicyclic) bond motifs is 1. The molecule has 0 aliphatic carbocycles. The summed E-state index contributed by atoms with van der Waals surface area (Å²) in [6.07, 6.45) is 2.53. The van der Waals surface area contributed by atoms with Gasteiger partial charge in [-0.1, -0.05) is 30.3 Å². The molecule has 4 heteroatoms. The van der Waals surface area contributed by atoms with Gasteiger partial charge >= 0.3 is 0 Å². The second-order valence-electron chi connectivity index (χ2n) is 9.54.